The fourth-order valence-corrected chi connectivity index (χ4v) is 2.11. The molecule has 1 amide bonds. The minimum absolute atomic E-state index is 0.248. The molecule has 0 rings (SSSR count). The highest BCUT2D eigenvalue weighted by Gasteiger charge is 2.44. The number of carboxylic acids is 1. The van der Waals surface area contributed by atoms with Gasteiger partial charge in [-0.1, -0.05) is 13.3 Å². The predicted octanol–water partition coefficient (Wildman–Crippen LogP) is 3.28. The van der Waals surface area contributed by atoms with E-state index in [9.17, 15) is 14.7 Å². The van der Waals surface area contributed by atoms with Gasteiger partial charge in [-0.15, -0.1) is 0 Å². The molecule has 112 valence electrons. The van der Waals surface area contributed by atoms with E-state index in [2.05, 4.69) is 0 Å². The molecule has 0 spiro atoms. The number of hydrogen-bond donors (Lipinski definition) is 1. The largest absolute Gasteiger partial charge is 0.480 e. The minimum Gasteiger partial charge on any atom is -0.480 e. The second kappa shape index (κ2) is 6.26. The van der Waals surface area contributed by atoms with Crippen molar-refractivity contribution in [3.63, 3.8) is 0 Å². The van der Waals surface area contributed by atoms with Gasteiger partial charge in [-0.05, 0) is 48.0 Å². The quantitative estimate of drug-likeness (QED) is 0.834. The van der Waals surface area contributed by atoms with E-state index in [-0.39, 0.29) is 6.04 Å². The number of carboxylic acid groups (broad SMARTS) is 1. The van der Waals surface area contributed by atoms with Crippen LogP contribution in [0.2, 0.25) is 0 Å². The summed E-state index contributed by atoms with van der Waals surface area (Å²) >= 11 is 0. The van der Waals surface area contributed by atoms with Crippen LogP contribution in [0.4, 0.5) is 4.79 Å². The SMILES string of the molecule is CCCC(C)(C(=O)O)N(C(=O)OC(C)(C)C)C(C)C. The average Bonchev–Trinajstić information content (AvgIpc) is 2.13. The van der Waals surface area contributed by atoms with Crippen molar-refractivity contribution in [3.8, 4) is 0 Å². The lowest BCUT2D eigenvalue weighted by Crippen LogP contribution is -2.58. The molecule has 0 aromatic rings. The molecule has 0 heterocycles. The topological polar surface area (TPSA) is 66.8 Å². The van der Waals surface area contributed by atoms with Crippen LogP contribution in [-0.2, 0) is 9.53 Å². The highest BCUT2D eigenvalue weighted by molar-refractivity contribution is 5.84. The Labute approximate surface area is 115 Å². The summed E-state index contributed by atoms with van der Waals surface area (Å²) in [5.74, 6) is -1.01. The Hall–Kier alpha value is -1.26. The Balaban J connectivity index is 5.40. The molecule has 0 saturated carbocycles. The molecule has 5 heteroatoms. The minimum atomic E-state index is -1.24. The summed E-state index contributed by atoms with van der Waals surface area (Å²) in [6.07, 6.45) is 0.482. The van der Waals surface area contributed by atoms with Crippen molar-refractivity contribution in [2.75, 3.05) is 0 Å². The maximum Gasteiger partial charge on any atom is 0.411 e. The normalized spacial score (nSPS) is 14.9. The van der Waals surface area contributed by atoms with Gasteiger partial charge in [-0.2, -0.15) is 0 Å². The second-order valence-corrected chi connectivity index (χ2v) is 6.27. The van der Waals surface area contributed by atoms with Gasteiger partial charge in [0, 0.05) is 6.04 Å². The van der Waals surface area contributed by atoms with E-state index in [4.69, 9.17) is 4.74 Å². The van der Waals surface area contributed by atoms with Crippen LogP contribution in [0.3, 0.4) is 0 Å². The lowest BCUT2D eigenvalue weighted by atomic mass is 9.93. The number of carbonyl (C=O) groups is 2. The van der Waals surface area contributed by atoms with Crippen LogP contribution < -0.4 is 0 Å². The number of rotatable bonds is 5. The standard InChI is InChI=1S/C14H27NO4/c1-8-9-14(7,11(16)17)15(10(2)3)12(18)19-13(4,5)6/h10H,8-9H2,1-7H3,(H,16,17). The first-order chi connectivity index (χ1) is 8.45. The molecule has 19 heavy (non-hydrogen) atoms. The third-order valence-electron chi connectivity index (χ3n) is 2.84. The van der Waals surface area contributed by atoms with Crippen LogP contribution in [0.5, 0.6) is 0 Å². The van der Waals surface area contributed by atoms with Gasteiger partial charge in [-0.3, -0.25) is 4.90 Å². The fourth-order valence-electron chi connectivity index (χ4n) is 2.11. The molecule has 1 unspecified atom stereocenters. The molecule has 0 saturated heterocycles. The highest BCUT2D eigenvalue weighted by Crippen LogP contribution is 2.26. The third kappa shape index (κ3) is 4.73. The molecule has 0 aliphatic heterocycles. The highest BCUT2D eigenvalue weighted by atomic mass is 16.6. The summed E-state index contributed by atoms with van der Waals surface area (Å²) in [4.78, 5) is 25.2. The van der Waals surface area contributed by atoms with Crippen molar-refractivity contribution in [1.82, 2.24) is 4.90 Å². The van der Waals surface area contributed by atoms with E-state index in [1.807, 2.05) is 6.92 Å². The van der Waals surface area contributed by atoms with E-state index in [1.54, 1.807) is 41.5 Å². The summed E-state index contributed by atoms with van der Waals surface area (Å²) in [5.41, 5.74) is -1.89. The summed E-state index contributed by atoms with van der Waals surface area (Å²) in [6.45, 7) is 12.4. The Morgan fingerprint density at radius 3 is 1.95 bits per heavy atom. The van der Waals surface area contributed by atoms with E-state index < -0.39 is 23.2 Å². The van der Waals surface area contributed by atoms with Crippen molar-refractivity contribution in [2.24, 2.45) is 0 Å². The monoisotopic (exact) mass is 273 g/mol. The first-order valence-electron chi connectivity index (χ1n) is 6.71. The van der Waals surface area contributed by atoms with Crippen LogP contribution in [0.1, 0.15) is 61.3 Å². The molecule has 1 N–H and O–H groups in total. The molecular formula is C14H27NO4. The van der Waals surface area contributed by atoms with Crippen molar-refractivity contribution in [2.45, 2.75) is 78.5 Å². The summed E-state index contributed by atoms with van der Waals surface area (Å²) < 4.78 is 5.33. The summed E-state index contributed by atoms with van der Waals surface area (Å²) in [6, 6.07) is -0.248. The van der Waals surface area contributed by atoms with Crippen molar-refractivity contribution in [3.05, 3.63) is 0 Å². The molecule has 5 nitrogen and oxygen atoms in total. The third-order valence-corrected chi connectivity index (χ3v) is 2.84. The Bertz CT molecular complexity index is 333. The zero-order chi connectivity index (χ0) is 15.4. The van der Waals surface area contributed by atoms with Gasteiger partial charge in [0.15, 0.2) is 0 Å². The van der Waals surface area contributed by atoms with E-state index >= 15 is 0 Å². The van der Waals surface area contributed by atoms with Gasteiger partial charge in [0.25, 0.3) is 0 Å². The van der Waals surface area contributed by atoms with Gasteiger partial charge in [0.1, 0.15) is 11.1 Å². The number of amides is 1. The Morgan fingerprint density at radius 1 is 1.21 bits per heavy atom. The zero-order valence-electron chi connectivity index (χ0n) is 13.1. The molecule has 0 radical (unpaired) electrons. The van der Waals surface area contributed by atoms with Gasteiger partial charge in [0.05, 0.1) is 0 Å². The van der Waals surface area contributed by atoms with Crippen LogP contribution in [0.25, 0.3) is 0 Å². The van der Waals surface area contributed by atoms with Crippen molar-refractivity contribution >= 4 is 12.1 Å². The molecule has 1 atom stereocenters. The first kappa shape index (κ1) is 17.7. The van der Waals surface area contributed by atoms with E-state index in [0.717, 1.165) is 0 Å². The number of aliphatic carboxylic acids is 1. The Morgan fingerprint density at radius 2 is 1.68 bits per heavy atom. The molecular weight excluding hydrogens is 246 g/mol. The lowest BCUT2D eigenvalue weighted by molar-refractivity contribution is -0.152. The van der Waals surface area contributed by atoms with Crippen LogP contribution >= 0.6 is 0 Å². The second-order valence-electron chi connectivity index (χ2n) is 6.27. The molecule has 0 aromatic heterocycles. The number of hydrogen-bond acceptors (Lipinski definition) is 3. The molecule has 0 aliphatic carbocycles. The van der Waals surface area contributed by atoms with Crippen LogP contribution in [-0.4, -0.2) is 39.3 Å². The lowest BCUT2D eigenvalue weighted by Gasteiger charge is -2.41. The molecule has 0 fully saturated rings. The fraction of sp³-hybridized carbons (Fsp3) is 0.857. The molecule has 0 bridgehead atoms. The first-order valence-corrected chi connectivity index (χ1v) is 6.71. The van der Waals surface area contributed by atoms with Gasteiger partial charge in [0.2, 0.25) is 0 Å². The summed E-state index contributed by atoms with van der Waals surface area (Å²) in [7, 11) is 0. The Kier molecular flexibility index (Phi) is 5.84. The van der Waals surface area contributed by atoms with Gasteiger partial charge in [-0.25, -0.2) is 9.59 Å². The van der Waals surface area contributed by atoms with E-state index in [0.29, 0.717) is 12.8 Å². The number of carbonyl (C=O) groups excluding carboxylic acids is 1. The van der Waals surface area contributed by atoms with Crippen molar-refractivity contribution < 1.29 is 19.4 Å². The predicted molar refractivity (Wildman–Crippen MR) is 74.2 cm³/mol. The van der Waals surface area contributed by atoms with Crippen molar-refractivity contribution in [1.29, 1.82) is 0 Å². The average molecular weight is 273 g/mol. The van der Waals surface area contributed by atoms with E-state index in [1.165, 1.54) is 4.90 Å². The maximum absolute atomic E-state index is 12.3. The van der Waals surface area contributed by atoms with Crippen LogP contribution in [0.15, 0.2) is 0 Å². The molecule has 0 aliphatic rings. The van der Waals surface area contributed by atoms with Crippen LogP contribution in [0, 0.1) is 0 Å². The molecule has 0 aromatic carbocycles. The smallest absolute Gasteiger partial charge is 0.411 e. The van der Waals surface area contributed by atoms with Gasteiger partial charge < -0.3 is 9.84 Å². The zero-order valence-corrected chi connectivity index (χ0v) is 13.1. The van der Waals surface area contributed by atoms with Gasteiger partial charge >= 0.3 is 12.1 Å². The maximum atomic E-state index is 12.3. The number of nitrogens with zero attached hydrogens (tertiary/aromatic N) is 1. The number of ether oxygens (including phenoxy) is 1. The summed E-state index contributed by atoms with van der Waals surface area (Å²) in [5, 5.41) is 9.48.